The first-order valence-corrected chi connectivity index (χ1v) is 5.93. The van der Waals surface area contributed by atoms with Gasteiger partial charge in [-0.1, -0.05) is 0 Å². The first kappa shape index (κ1) is 10.1. The fraction of sp³-hybridized carbons (Fsp3) is 0.700. The molecule has 1 saturated heterocycles. The van der Waals surface area contributed by atoms with Crippen LogP contribution >= 0.6 is 11.3 Å². The molecule has 1 fully saturated rings. The number of likely N-dealkylation sites (tertiary alicyclic amines) is 1. The van der Waals surface area contributed by atoms with Crippen molar-refractivity contribution in [1.82, 2.24) is 9.88 Å². The third kappa shape index (κ3) is 2.32. The van der Waals surface area contributed by atoms with Gasteiger partial charge >= 0.3 is 0 Å². The van der Waals surface area contributed by atoms with E-state index >= 15 is 0 Å². The zero-order valence-corrected chi connectivity index (χ0v) is 9.26. The van der Waals surface area contributed by atoms with Gasteiger partial charge in [0.25, 0.3) is 0 Å². The molecule has 1 aliphatic rings. The summed E-state index contributed by atoms with van der Waals surface area (Å²) < 4.78 is 0. The Bertz CT molecular complexity index is 292. The molecular weight excluding hydrogens is 196 g/mol. The van der Waals surface area contributed by atoms with Crippen molar-refractivity contribution in [2.75, 3.05) is 13.1 Å². The average Bonchev–Trinajstić information content (AvgIpc) is 2.56. The quantitative estimate of drug-likeness (QED) is 0.805. The van der Waals surface area contributed by atoms with Gasteiger partial charge in [0.2, 0.25) is 0 Å². The van der Waals surface area contributed by atoms with E-state index in [1.807, 2.05) is 5.51 Å². The highest BCUT2D eigenvalue weighted by atomic mass is 32.1. The van der Waals surface area contributed by atoms with Crippen LogP contribution in [0.3, 0.4) is 0 Å². The lowest BCUT2D eigenvalue weighted by atomic mass is 10.1. The molecule has 0 atom stereocenters. The molecule has 0 bridgehead atoms. The number of aryl methyl sites for hydroxylation is 1. The summed E-state index contributed by atoms with van der Waals surface area (Å²) in [6.07, 6.45) is 1.75. The van der Waals surface area contributed by atoms with E-state index in [1.54, 1.807) is 11.3 Å². The second kappa shape index (κ2) is 4.38. The molecule has 1 N–H and O–H groups in total. The van der Waals surface area contributed by atoms with Crippen molar-refractivity contribution in [3.63, 3.8) is 0 Å². The molecule has 0 aromatic carbocycles. The number of hydrogen-bond donors (Lipinski definition) is 1. The van der Waals surface area contributed by atoms with Gasteiger partial charge in [-0.25, -0.2) is 4.98 Å². The van der Waals surface area contributed by atoms with Gasteiger partial charge in [-0.3, -0.25) is 4.90 Å². The normalized spacial score (nSPS) is 20.1. The van der Waals surface area contributed by atoms with Crippen LogP contribution in [0.5, 0.6) is 0 Å². The number of nitrogens with zero attached hydrogens (tertiary/aromatic N) is 2. The molecular formula is C10H16N2OS. The molecule has 0 unspecified atom stereocenters. The highest BCUT2D eigenvalue weighted by Gasteiger charge is 2.17. The van der Waals surface area contributed by atoms with Crippen LogP contribution in [0.4, 0.5) is 0 Å². The maximum Gasteiger partial charge on any atom is 0.0798 e. The van der Waals surface area contributed by atoms with Crippen LogP contribution in [-0.4, -0.2) is 34.2 Å². The molecule has 14 heavy (non-hydrogen) atoms. The Hall–Kier alpha value is -0.450. The van der Waals surface area contributed by atoms with Crippen molar-refractivity contribution in [2.24, 2.45) is 0 Å². The lowest BCUT2D eigenvalue weighted by Crippen LogP contribution is -2.35. The largest absolute Gasteiger partial charge is 0.393 e. The van der Waals surface area contributed by atoms with Crippen molar-refractivity contribution in [1.29, 1.82) is 0 Å². The predicted molar refractivity (Wildman–Crippen MR) is 57.4 cm³/mol. The Morgan fingerprint density at radius 3 is 2.86 bits per heavy atom. The molecule has 2 rings (SSSR count). The minimum absolute atomic E-state index is 0.0752. The van der Waals surface area contributed by atoms with E-state index in [4.69, 9.17) is 0 Å². The third-order valence-corrected chi connectivity index (χ3v) is 3.69. The summed E-state index contributed by atoms with van der Waals surface area (Å²) in [4.78, 5) is 8.00. The highest BCUT2D eigenvalue weighted by molar-refractivity contribution is 7.09. The minimum Gasteiger partial charge on any atom is -0.393 e. The second-order valence-corrected chi connectivity index (χ2v) is 4.81. The summed E-state index contributed by atoms with van der Waals surface area (Å²) in [5.41, 5.74) is 3.06. The smallest absolute Gasteiger partial charge is 0.0798 e. The minimum atomic E-state index is -0.0752. The molecule has 4 heteroatoms. The monoisotopic (exact) mass is 212 g/mol. The molecule has 78 valence electrons. The standard InChI is InChI=1S/C10H16N2OS/c1-8-10(14-7-11-8)6-12-4-2-9(13)3-5-12/h7,9,13H,2-6H2,1H3. The molecule has 0 radical (unpaired) electrons. The molecule has 1 aromatic heterocycles. The fourth-order valence-electron chi connectivity index (χ4n) is 1.76. The predicted octanol–water partition coefficient (Wildman–Crippen LogP) is 1.41. The zero-order chi connectivity index (χ0) is 9.97. The molecule has 0 spiro atoms. The second-order valence-electron chi connectivity index (χ2n) is 3.87. The SMILES string of the molecule is Cc1ncsc1CN1CCC(O)CC1. The lowest BCUT2D eigenvalue weighted by molar-refractivity contribution is 0.0796. The number of aliphatic hydroxyl groups is 1. The van der Waals surface area contributed by atoms with Gasteiger partial charge < -0.3 is 5.11 Å². The van der Waals surface area contributed by atoms with Gasteiger partial charge in [0, 0.05) is 24.5 Å². The van der Waals surface area contributed by atoms with Crippen molar-refractivity contribution in [2.45, 2.75) is 32.4 Å². The number of hydrogen-bond acceptors (Lipinski definition) is 4. The maximum atomic E-state index is 9.37. The first-order chi connectivity index (χ1) is 6.75. The number of piperidine rings is 1. The van der Waals surface area contributed by atoms with Crippen molar-refractivity contribution in [3.05, 3.63) is 16.1 Å². The lowest BCUT2D eigenvalue weighted by Gasteiger charge is -2.29. The molecule has 3 nitrogen and oxygen atoms in total. The van der Waals surface area contributed by atoms with E-state index in [9.17, 15) is 5.11 Å². The van der Waals surface area contributed by atoms with E-state index in [2.05, 4.69) is 16.8 Å². The zero-order valence-electron chi connectivity index (χ0n) is 8.44. The first-order valence-electron chi connectivity index (χ1n) is 5.05. The van der Waals surface area contributed by atoms with Crippen LogP contribution in [0.2, 0.25) is 0 Å². The van der Waals surface area contributed by atoms with Gasteiger partial charge in [0.1, 0.15) is 0 Å². The van der Waals surface area contributed by atoms with Crippen LogP contribution in [0.1, 0.15) is 23.4 Å². The van der Waals surface area contributed by atoms with Gasteiger partial charge in [-0.15, -0.1) is 11.3 Å². The average molecular weight is 212 g/mol. The molecule has 1 aliphatic heterocycles. The third-order valence-electron chi connectivity index (χ3n) is 2.77. The van der Waals surface area contributed by atoms with Gasteiger partial charge in [-0.05, 0) is 19.8 Å². The van der Waals surface area contributed by atoms with Crippen LogP contribution in [0, 0.1) is 6.92 Å². The number of aliphatic hydroxyl groups excluding tert-OH is 1. The Labute approximate surface area is 88.4 Å². The number of aromatic nitrogens is 1. The number of thiazole rings is 1. The van der Waals surface area contributed by atoms with E-state index in [-0.39, 0.29) is 6.10 Å². The van der Waals surface area contributed by atoms with E-state index in [0.29, 0.717) is 0 Å². The highest BCUT2D eigenvalue weighted by Crippen LogP contribution is 2.18. The topological polar surface area (TPSA) is 36.4 Å². The van der Waals surface area contributed by atoms with E-state index in [1.165, 1.54) is 4.88 Å². The molecule has 2 heterocycles. The molecule has 0 amide bonds. The van der Waals surface area contributed by atoms with Crippen LogP contribution in [0.25, 0.3) is 0 Å². The van der Waals surface area contributed by atoms with Gasteiger partial charge in [-0.2, -0.15) is 0 Å². The van der Waals surface area contributed by atoms with Crippen molar-refractivity contribution < 1.29 is 5.11 Å². The Balaban J connectivity index is 1.89. The maximum absolute atomic E-state index is 9.37. The summed E-state index contributed by atoms with van der Waals surface area (Å²) >= 11 is 1.73. The summed E-state index contributed by atoms with van der Waals surface area (Å²) in [5, 5.41) is 9.37. The summed E-state index contributed by atoms with van der Waals surface area (Å²) in [5.74, 6) is 0. The van der Waals surface area contributed by atoms with Crippen molar-refractivity contribution >= 4 is 11.3 Å². The summed E-state index contributed by atoms with van der Waals surface area (Å²) in [6.45, 7) is 5.09. The van der Waals surface area contributed by atoms with Crippen molar-refractivity contribution in [3.8, 4) is 0 Å². The van der Waals surface area contributed by atoms with Gasteiger partial charge in [0.05, 0.1) is 17.3 Å². The van der Waals surface area contributed by atoms with Crippen LogP contribution < -0.4 is 0 Å². The Morgan fingerprint density at radius 2 is 2.29 bits per heavy atom. The van der Waals surface area contributed by atoms with Crippen LogP contribution in [0.15, 0.2) is 5.51 Å². The van der Waals surface area contributed by atoms with E-state index in [0.717, 1.165) is 38.2 Å². The molecule has 1 aromatic rings. The number of rotatable bonds is 2. The Morgan fingerprint density at radius 1 is 1.57 bits per heavy atom. The summed E-state index contributed by atoms with van der Waals surface area (Å²) in [6, 6.07) is 0. The van der Waals surface area contributed by atoms with Crippen LogP contribution in [-0.2, 0) is 6.54 Å². The van der Waals surface area contributed by atoms with E-state index < -0.39 is 0 Å². The molecule has 0 aliphatic carbocycles. The molecule has 0 saturated carbocycles. The summed E-state index contributed by atoms with van der Waals surface area (Å²) in [7, 11) is 0. The fourth-order valence-corrected chi connectivity index (χ4v) is 2.58. The Kier molecular flexibility index (Phi) is 3.15. The van der Waals surface area contributed by atoms with Gasteiger partial charge in [0.15, 0.2) is 0 Å².